The van der Waals surface area contributed by atoms with Gasteiger partial charge in [-0.1, -0.05) is 30.3 Å². The summed E-state index contributed by atoms with van der Waals surface area (Å²) in [4.78, 5) is 40.6. The van der Waals surface area contributed by atoms with E-state index < -0.39 is 23.4 Å². The fraction of sp³-hybridized carbons (Fsp3) is 0.389. The standard InChI is InChI=1S/C18H21N3O5/c1-20-17(24)13(10-19-18(20)25)9-15(23)21-7-8-26-14(11-22)16(21)12-5-3-2-4-6-12/h2-6,10,14,16,22H,7-9,11H2,1H3,(H,19,25)/t14-,16-/m0/s1. The lowest BCUT2D eigenvalue weighted by molar-refractivity contribution is -0.149. The maximum atomic E-state index is 12.9. The second-order valence-electron chi connectivity index (χ2n) is 6.19. The molecule has 1 aromatic carbocycles. The Morgan fingerprint density at radius 3 is 2.73 bits per heavy atom. The van der Waals surface area contributed by atoms with Gasteiger partial charge in [0, 0.05) is 25.4 Å². The van der Waals surface area contributed by atoms with Gasteiger partial charge in [-0.2, -0.15) is 0 Å². The minimum absolute atomic E-state index is 0.134. The number of amides is 1. The maximum Gasteiger partial charge on any atom is 0.328 e. The highest BCUT2D eigenvalue weighted by atomic mass is 16.5. The number of benzene rings is 1. The predicted octanol–water partition coefficient (Wildman–Crippen LogP) is -0.423. The van der Waals surface area contributed by atoms with E-state index in [0.29, 0.717) is 13.2 Å². The third-order valence-electron chi connectivity index (χ3n) is 4.59. The van der Waals surface area contributed by atoms with Crippen molar-refractivity contribution in [2.24, 2.45) is 7.05 Å². The second kappa shape index (κ2) is 7.67. The molecule has 0 radical (unpaired) electrons. The van der Waals surface area contributed by atoms with E-state index in [0.717, 1.165) is 10.1 Å². The quantitative estimate of drug-likeness (QED) is 0.771. The first kappa shape index (κ1) is 18.1. The molecule has 0 saturated carbocycles. The Hall–Kier alpha value is -2.71. The molecular formula is C18H21N3O5. The van der Waals surface area contributed by atoms with Crippen molar-refractivity contribution in [1.29, 1.82) is 0 Å². The van der Waals surface area contributed by atoms with E-state index in [2.05, 4.69) is 4.98 Å². The number of carbonyl (C=O) groups is 1. The Morgan fingerprint density at radius 1 is 1.31 bits per heavy atom. The van der Waals surface area contributed by atoms with E-state index in [1.54, 1.807) is 4.90 Å². The maximum absolute atomic E-state index is 12.9. The van der Waals surface area contributed by atoms with Gasteiger partial charge >= 0.3 is 5.69 Å². The number of hydrogen-bond donors (Lipinski definition) is 2. The Morgan fingerprint density at radius 2 is 2.04 bits per heavy atom. The van der Waals surface area contributed by atoms with Crippen LogP contribution in [0.4, 0.5) is 0 Å². The molecule has 1 aliphatic heterocycles. The molecule has 8 heteroatoms. The Kier molecular flexibility index (Phi) is 5.34. The third kappa shape index (κ3) is 3.47. The number of nitrogens with one attached hydrogen (secondary N) is 1. The van der Waals surface area contributed by atoms with Crippen LogP contribution in [-0.4, -0.2) is 51.3 Å². The number of carbonyl (C=O) groups excluding carboxylic acids is 1. The highest BCUT2D eigenvalue weighted by Gasteiger charge is 2.36. The first-order valence-electron chi connectivity index (χ1n) is 8.37. The monoisotopic (exact) mass is 359 g/mol. The van der Waals surface area contributed by atoms with Crippen molar-refractivity contribution in [2.45, 2.75) is 18.6 Å². The molecule has 26 heavy (non-hydrogen) atoms. The predicted molar refractivity (Wildman–Crippen MR) is 93.7 cm³/mol. The number of ether oxygens (including phenoxy) is 1. The van der Waals surface area contributed by atoms with Crippen molar-refractivity contribution in [3.05, 3.63) is 68.5 Å². The molecule has 138 valence electrons. The Balaban J connectivity index is 1.90. The summed E-state index contributed by atoms with van der Waals surface area (Å²) in [6.45, 7) is 0.451. The lowest BCUT2D eigenvalue weighted by atomic mass is 9.97. The molecule has 1 saturated heterocycles. The zero-order valence-electron chi connectivity index (χ0n) is 14.4. The van der Waals surface area contributed by atoms with Crippen molar-refractivity contribution in [3.8, 4) is 0 Å². The molecule has 2 heterocycles. The van der Waals surface area contributed by atoms with Gasteiger partial charge in [-0.15, -0.1) is 0 Å². The minimum Gasteiger partial charge on any atom is -0.394 e. The van der Waals surface area contributed by atoms with Crippen LogP contribution in [0.1, 0.15) is 17.2 Å². The van der Waals surface area contributed by atoms with Crippen molar-refractivity contribution in [3.63, 3.8) is 0 Å². The number of morpholine rings is 1. The average Bonchev–Trinajstić information content (AvgIpc) is 2.68. The summed E-state index contributed by atoms with van der Waals surface area (Å²) >= 11 is 0. The molecule has 1 aliphatic rings. The van der Waals surface area contributed by atoms with Gasteiger partial charge in [0.2, 0.25) is 5.91 Å². The van der Waals surface area contributed by atoms with Gasteiger partial charge < -0.3 is 19.7 Å². The molecule has 3 rings (SSSR count). The highest BCUT2D eigenvalue weighted by Crippen LogP contribution is 2.29. The summed E-state index contributed by atoms with van der Waals surface area (Å²) in [5.41, 5.74) is 0.0512. The Labute approximate surface area is 149 Å². The van der Waals surface area contributed by atoms with Gasteiger partial charge in [0.25, 0.3) is 5.56 Å². The van der Waals surface area contributed by atoms with E-state index in [9.17, 15) is 19.5 Å². The molecule has 2 aromatic rings. The van der Waals surface area contributed by atoms with Gasteiger partial charge in [-0.25, -0.2) is 4.79 Å². The summed E-state index contributed by atoms with van der Waals surface area (Å²) in [5, 5.41) is 9.67. The lowest BCUT2D eigenvalue weighted by Gasteiger charge is -2.41. The summed E-state index contributed by atoms with van der Waals surface area (Å²) in [7, 11) is 1.36. The fourth-order valence-corrected chi connectivity index (χ4v) is 3.22. The summed E-state index contributed by atoms with van der Waals surface area (Å²) in [6.07, 6.45) is 0.614. The molecule has 8 nitrogen and oxygen atoms in total. The topological polar surface area (TPSA) is 105 Å². The van der Waals surface area contributed by atoms with Crippen LogP contribution in [0.2, 0.25) is 0 Å². The summed E-state index contributed by atoms with van der Waals surface area (Å²) in [6, 6.07) is 8.91. The highest BCUT2D eigenvalue weighted by molar-refractivity contribution is 5.79. The number of aromatic amines is 1. The molecule has 0 spiro atoms. The number of aliphatic hydroxyl groups is 1. The van der Waals surface area contributed by atoms with Crippen LogP contribution in [0.25, 0.3) is 0 Å². The molecule has 1 fully saturated rings. The van der Waals surface area contributed by atoms with Crippen LogP contribution in [-0.2, 0) is 23.0 Å². The van der Waals surface area contributed by atoms with Gasteiger partial charge in [0.1, 0.15) is 6.10 Å². The molecule has 2 N–H and O–H groups in total. The normalized spacial score (nSPS) is 20.2. The number of aromatic nitrogens is 2. The van der Waals surface area contributed by atoms with E-state index >= 15 is 0 Å². The summed E-state index contributed by atoms with van der Waals surface area (Å²) in [5.74, 6) is -0.259. The third-order valence-corrected chi connectivity index (χ3v) is 4.59. The van der Waals surface area contributed by atoms with Crippen LogP contribution in [0, 0.1) is 0 Å². The zero-order chi connectivity index (χ0) is 18.7. The number of rotatable bonds is 4. The SMILES string of the molecule is Cn1c(=O)[nH]cc(CC(=O)N2CCO[C@@H](CO)[C@@H]2c2ccccc2)c1=O. The molecule has 0 bridgehead atoms. The van der Waals surface area contributed by atoms with Crippen LogP contribution >= 0.6 is 0 Å². The van der Waals surface area contributed by atoms with E-state index in [1.165, 1.54) is 13.2 Å². The first-order chi connectivity index (χ1) is 12.5. The molecular weight excluding hydrogens is 338 g/mol. The van der Waals surface area contributed by atoms with Crippen molar-refractivity contribution in [2.75, 3.05) is 19.8 Å². The van der Waals surface area contributed by atoms with E-state index in [-0.39, 0.29) is 24.5 Å². The van der Waals surface area contributed by atoms with Crippen LogP contribution in [0.5, 0.6) is 0 Å². The zero-order valence-corrected chi connectivity index (χ0v) is 14.4. The molecule has 1 aromatic heterocycles. The lowest BCUT2D eigenvalue weighted by Crippen LogP contribution is -2.50. The van der Waals surface area contributed by atoms with E-state index in [1.807, 2.05) is 30.3 Å². The fourth-order valence-electron chi connectivity index (χ4n) is 3.22. The van der Waals surface area contributed by atoms with Crippen LogP contribution in [0.15, 0.2) is 46.1 Å². The number of H-pyrrole nitrogens is 1. The molecule has 1 amide bonds. The van der Waals surface area contributed by atoms with Gasteiger partial charge in [0.05, 0.1) is 25.7 Å². The minimum atomic E-state index is -0.534. The van der Waals surface area contributed by atoms with Crippen LogP contribution in [0.3, 0.4) is 0 Å². The second-order valence-corrected chi connectivity index (χ2v) is 6.19. The molecule has 2 atom stereocenters. The Bertz CT molecular complexity index is 890. The summed E-state index contributed by atoms with van der Waals surface area (Å²) < 4.78 is 6.56. The molecule has 0 unspecified atom stereocenters. The number of hydrogen-bond acceptors (Lipinski definition) is 5. The van der Waals surface area contributed by atoms with Crippen molar-refractivity contribution < 1.29 is 14.6 Å². The largest absolute Gasteiger partial charge is 0.394 e. The molecule has 0 aliphatic carbocycles. The first-order valence-corrected chi connectivity index (χ1v) is 8.37. The van der Waals surface area contributed by atoms with Crippen molar-refractivity contribution >= 4 is 5.91 Å². The average molecular weight is 359 g/mol. The number of aliphatic hydroxyl groups excluding tert-OH is 1. The van der Waals surface area contributed by atoms with Crippen LogP contribution < -0.4 is 11.2 Å². The number of nitrogens with zero attached hydrogens (tertiary/aromatic N) is 2. The van der Waals surface area contributed by atoms with E-state index in [4.69, 9.17) is 4.74 Å². The van der Waals surface area contributed by atoms with Gasteiger partial charge in [0.15, 0.2) is 0 Å². The van der Waals surface area contributed by atoms with Gasteiger partial charge in [-0.05, 0) is 5.56 Å². The van der Waals surface area contributed by atoms with Gasteiger partial charge in [-0.3, -0.25) is 14.2 Å². The van der Waals surface area contributed by atoms with Crippen molar-refractivity contribution in [1.82, 2.24) is 14.5 Å². The smallest absolute Gasteiger partial charge is 0.328 e.